The van der Waals surface area contributed by atoms with Gasteiger partial charge < -0.3 is 15.1 Å². The van der Waals surface area contributed by atoms with Gasteiger partial charge in [0.15, 0.2) is 5.96 Å². The largest absolute Gasteiger partial charge is 0.469 e. The van der Waals surface area contributed by atoms with Crippen LogP contribution < -0.4 is 10.6 Å². The fraction of sp³-hybridized carbons (Fsp3) is 0.278. The van der Waals surface area contributed by atoms with Crippen molar-refractivity contribution in [2.24, 2.45) is 4.99 Å². The molecule has 2 aromatic rings. The topological polar surface area (TPSA) is 49.6 Å². The number of furan rings is 1. The molecular formula is C18H21F2N3O. The third-order valence-electron chi connectivity index (χ3n) is 3.40. The molecule has 2 N–H and O–H groups in total. The summed E-state index contributed by atoms with van der Waals surface area (Å²) in [5.41, 5.74) is 0.371. The van der Waals surface area contributed by atoms with Gasteiger partial charge in [-0.25, -0.2) is 8.78 Å². The molecule has 1 aromatic heterocycles. The van der Waals surface area contributed by atoms with Gasteiger partial charge in [-0.05, 0) is 25.1 Å². The predicted octanol–water partition coefficient (Wildman–Crippen LogP) is 3.58. The van der Waals surface area contributed by atoms with Crippen molar-refractivity contribution in [3.8, 4) is 0 Å². The summed E-state index contributed by atoms with van der Waals surface area (Å²) in [6.07, 6.45) is 3.98. The molecule has 0 radical (unpaired) electrons. The monoisotopic (exact) mass is 333 g/mol. The Morgan fingerprint density at radius 3 is 2.88 bits per heavy atom. The lowest BCUT2D eigenvalue weighted by atomic mass is 10.1. The zero-order chi connectivity index (χ0) is 17.4. The lowest BCUT2D eigenvalue weighted by Gasteiger charge is -2.18. The number of nitrogens with zero attached hydrogens (tertiary/aromatic N) is 1. The van der Waals surface area contributed by atoms with Crippen molar-refractivity contribution in [1.29, 1.82) is 0 Å². The zero-order valence-electron chi connectivity index (χ0n) is 13.6. The average Bonchev–Trinajstić information content (AvgIpc) is 3.05. The Morgan fingerprint density at radius 1 is 1.38 bits per heavy atom. The van der Waals surface area contributed by atoms with E-state index in [1.807, 2.05) is 12.1 Å². The second-order valence-corrected chi connectivity index (χ2v) is 5.26. The summed E-state index contributed by atoms with van der Waals surface area (Å²) in [6.45, 7) is 6.47. The molecule has 2 rings (SSSR count). The van der Waals surface area contributed by atoms with E-state index >= 15 is 0 Å². The number of nitrogens with one attached hydrogen (secondary N) is 2. The van der Waals surface area contributed by atoms with Crippen molar-refractivity contribution < 1.29 is 13.2 Å². The summed E-state index contributed by atoms with van der Waals surface area (Å²) in [5, 5.41) is 6.18. The van der Waals surface area contributed by atoms with Crippen molar-refractivity contribution >= 4 is 5.96 Å². The van der Waals surface area contributed by atoms with Crippen LogP contribution in [-0.4, -0.2) is 19.0 Å². The molecule has 1 atom stereocenters. The van der Waals surface area contributed by atoms with Crippen molar-refractivity contribution in [3.05, 3.63) is 72.2 Å². The van der Waals surface area contributed by atoms with Crippen LogP contribution in [-0.2, 0) is 6.42 Å². The van der Waals surface area contributed by atoms with Crippen molar-refractivity contribution in [2.75, 3.05) is 13.1 Å². The average molecular weight is 333 g/mol. The lowest BCUT2D eigenvalue weighted by molar-refractivity contribution is 0.510. The summed E-state index contributed by atoms with van der Waals surface area (Å²) in [4.78, 5) is 4.44. The molecule has 128 valence electrons. The van der Waals surface area contributed by atoms with Gasteiger partial charge in [0.2, 0.25) is 0 Å². The highest BCUT2D eigenvalue weighted by atomic mass is 19.1. The summed E-state index contributed by atoms with van der Waals surface area (Å²) < 4.78 is 32.2. The van der Waals surface area contributed by atoms with Crippen LogP contribution >= 0.6 is 0 Å². The van der Waals surface area contributed by atoms with Gasteiger partial charge in [-0.2, -0.15) is 0 Å². The Morgan fingerprint density at radius 2 is 2.21 bits per heavy atom. The molecule has 0 spiro atoms. The van der Waals surface area contributed by atoms with Crippen LogP contribution in [0.5, 0.6) is 0 Å². The number of hydrogen-bond acceptors (Lipinski definition) is 2. The number of rotatable bonds is 7. The minimum Gasteiger partial charge on any atom is -0.469 e. The van der Waals surface area contributed by atoms with E-state index in [0.717, 1.165) is 11.8 Å². The van der Waals surface area contributed by atoms with Gasteiger partial charge in [-0.3, -0.25) is 4.99 Å². The maximum atomic E-state index is 13.9. The van der Waals surface area contributed by atoms with Crippen LogP contribution in [0.3, 0.4) is 0 Å². The standard InChI is InChI=1S/C18H21F2N3O/c1-3-9-21-18(22-10-8-15-5-4-11-24-15)23-13(2)16-7-6-14(19)12-17(16)20/h3-7,11-13H,1,8-10H2,2H3,(H2,21,22,23). The summed E-state index contributed by atoms with van der Waals surface area (Å²) >= 11 is 0. The van der Waals surface area contributed by atoms with Crippen molar-refractivity contribution in [3.63, 3.8) is 0 Å². The molecule has 6 heteroatoms. The minimum atomic E-state index is -0.597. The van der Waals surface area contributed by atoms with E-state index in [0.29, 0.717) is 31.0 Å². The van der Waals surface area contributed by atoms with Gasteiger partial charge in [-0.1, -0.05) is 12.1 Å². The second kappa shape index (κ2) is 8.86. The van der Waals surface area contributed by atoms with Crippen LogP contribution in [0.25, 0.3) is 0 Å². The molecule has 0 aliphatic carbocycles. The van der Waals surface area contributed by atoms with Crippen molar-refractivity contribution in [1.82, 2.24) is 10.6 Å². The van der Waals surface area contributed by atoms with Gasteiger partial charge >= 0.3 is 0 Å². The maximum Gasteiger partial charge on any atom is 0.192 e. The molecule has 1 unspecified atom stereocenters. The van der Waals surface area contributed by atoms with E-state index < -0.39 is 11.6 Å². The van der Waals surface area contributed by atoms with Gasteiger partial charge in [0.1, 0.15) is 17.4 Å². The van der Waals surface area contributed by atoms with Crippen LogP contribution in [0.2, 0.25) is 0 Å². The number of guanidine groups is 1. The summed E-state index contributed by atoms with van der Waals surface area (Å²) in [7, 11) is 0. The molecule has 0 aliphatic rings. The smallest absolute Gasteiger partial charge is 0.192 e. The van der Waals surface area contributed by atoms with E-state index in [1.165, 1.54) is 12.1 Å². The second-order valence-electron chi connectivity index (χ2n) is 5.26. The molecule has 1 heterocycles. The quantitative estimate of drug-likeness (QED) is 0.462. The summed E-state index contributed by atoms with van der Waals surface area (Å²) in [5.74, 6) is 0.186. The van der Waals surface area contributed by atoms with E-state index in [9.17, 15) is 8.78 Å². The molecule has 24 heavy (non-hydrogen) atoms. The van der Waals surface area contributed by atoms with Crippen LogP contribution in [0.4, 0.5) is 8.78 Å². The lowest BCUT2D eigenvalue weighted by Crippen LogP contribution is -2.39. The first-order valence-corrected chi connectivity index (χ1v) is 7.73. The molecule has 0 bridgehead atoms. The molecule has 4 nitrogen and oxygen atoms in total. The Balaban J connectivity index is 2.02. The fourth-order valence-electron chi connectivity index (χ4n) is 2.19. The fourth-order valence-corrected chi connectivity index (χ4v) is 2.19. The Labute approximate surface area is 140 Å². The van der Waals surface area contributed by atoms with Gasteiger partial charge in [0, 0.05) is 31.1 Å². The van der Waals surface area contributed by atoms with Crippen LogP contribution in [0.15, 0.2) is 58.7 Å². The zero-order valence-corrected chi connectivity index (χ0v) is 13.6. The predicted molar refractivity (Wildman–Crippen MR) is 90.8 cm³/mol. The number of hydrogen-bond donors (Lipinski definition) is 2. The van der Waals surface area contributed by atoms with E-state index in [2.05, 4.69) is 22.2 Å². The molecular weight excluding hydrogens is 312 g/mol. The molecule has 0 aliphatic heterocycles. The van der Waals surface area contributed by atoms with Crippen LogP contribution in [0.1, 0.15) is 24.3 Å². The summed E-state index contributed by atoms with van der Waals surface area (Å²) in [6, 6.07) is 6.88. The Hall–Kier alpha value is -2.63. The SMILES string of the molecule is C=CCNC(=NCCc1ccco1)NC(C)c1ccc(F)cc1F. The first kappa shape index (κ1) is 17.7. The Kier molecular flexibility index (Phi) is 6.54. The third-order valence-corrected chi connectivity index (χ3v) is 3.40. The van der Waals surface area contributed by atoms with E-state index in [-0.39, 0.29) is 6.04 Å². The van der Waals surface area contributed by atoms with Crippen molar-refractivity contribution in [2.45, 2.75) is 19.4 Å². The van der Waals surface area contributed by atoms with Gasteiger partial charge in [-0.15, -0.1) is 6.58 Å². The minimum absolute atomic E-state index is 0.370. The highest BCUT2D eigenvalue weighted by molar-refractivity contribution is 5.80. The highest BCUT2D eigenvalue weighted by Gasteiger charge is 2.13. The van der Waals surface area contributed by atoms with E-state index in [1.54, 1.807) is 19.3 Å². The van der Waals surface area contributed by atoms with Crippen LogP contribution in [0, 0.1) is 11.6 Å². The molecule has 0 saturated heterocycles. The van der Waals surface area contributed by atoms with E-state index in [4.69, 9.17) is 4.42 Å². The molecule has 1 aromatic carbocycles. The normalized spacial score (nSPS) is 12.7. The van der Waals surface area contributed by atoms with Gasteiger partial charge in [0.25, 0.3) is 0 Å². The molecule has 0 fully saturated rings. The molecule has 0 amide bonds. The van der Waals surface area contributed by atoms with Gasteiger partial charge in [0.05, 0.1) is 12.3 Å². The number of halogens is 2. The Bertz CT molecular complexity index is 684. The number of benzene rings is 1. The highest BCUT2D eigenvalue weighted by Crippen LogP contribution is 2.17. The third kappa shape index (κ3) is 5.22. The first-order valence-electron chi connectivity index (χ1n) is 7.73. The number of aliphatic imine (C=N–C) groups is 1. The first-order chi connectivity index (χ1) is 11.6. The molecule has 0 saturated carbocycles. The maximum absolute atomic E-state index is 13.9.